The van der Waals surface area contributed by atoms with Crippen molar-refractivity contribution in [3.05, 3.63) is 53.7 Å². The summed E-state index contributed by atoms with van der Waals surface area (Å²) < 4.78 is 0. The molecule has 2 rings (SSSR count). The summed E-state index contributed by atoms with van der Waals surface area (Å²) in [7, 11) is 0. The van der Waals surface area contributed by atoms with Crippen molar-refractivity contribution in [2.45, 2.75) is 20.3 Å². The predicted octanol–water partition coefficient (Wildman–Crippen LogP) is 3.60. The minimum atomic E-state index is -0.279. The van der Waals surface area contributed by atoms with Crippen LogP contribution >= 0.6 is 0 Å². The average Bonchev–Trinajstić information content (AvgIpc) is 2.39. The van der Waals surface area contributed by atoms with Crippen LogP contribution in [0.3, 0.4) is 0 Å². The number of benzene rings is 1. The van der Waals surface area contributed by atoms with Crippen molar-refractivity contribution in [3.63, 3.8) is 0 Å². The summed E-state index contributed by atoms with van der Waals surface area (Å²) in [5, 5.41) is 5.56. The Bertz CT molecular complexity index is 581. The Morgan fingerprint density at radius 1 is 1.21 bits per heavy atom. The van der Waals surface area contributed by atoms with E-state index in [9.17, 15) is 4.79 Å². The Hall–Kier alpha value is -2.36. The van der Waals surface area contributed by atoms with Crippen LogP contribution in [0.15, 0.2) is 42.6 Å². The van der Waals surface area contributed by atoms with Crippen molar-refractivity contribution >= 4 is 17.5 Å². The molecule has 1 aromatic carbocycles. The molecule has 0 unspecified atom stereocenters. The van der Waals surface area contributed by atoms with Gasteiger partial charge in [0.15, 0.2) is 0 Å². The fraction of sp³-hybridized carbons (Fsp3) is 0.200. The number of pyridine rings is 1. The highest BCUT2D eigenvalue weighted by Crippen LogP contribution is 2.15. The van der Waals surface area contributed by atoms with E-state index in [1.54, 1.807) is 6.20 Å². The number of hydrogen-bond donors (Lipinski definition) is 2. The number of para-hydroxylation sites is 1. The van der Waals surface area contributed by atoms with Crippen LogP contribution in [0.4, 0.5) is 16.3 Å². The van der Waals surface area contributed by atoms with Gasteiger partial charge in [-0.15, -0.1) is 0 Å². The number of hydrogen-bond acceptors (Lipinski definition) is 2. The van der Waals surface area contributed by atoms with Crippen LogP contribution in [-0.4, -0.2) is 11.0 Å². The lowest BCUT2D eigenvalue weighted by Crippen LogP contribution is -2.20. The van der Waals surface area contributed by atoms with E-state index in [4.69, 9.17) is 0 Å². The summed E-state index contributed by atoms with van der Waals surface area (Å²) in [6.07, 6.45) is 2.55. The summed E-state index contributed by atoms with van der Waals surface area (Å²) in [5.74, 6) is 0.548. The average molecular weight is 255 g/mol. The highest BCUT2D eigenvalue weighted by molar-refractivity contribution is 5.99. The third-order valence-electron chi connectivity index (χ3n) is 2.80. The molecule has 1 heterocycles. The zero-order chi connectivity index (χ0) is 13.7. The number of aromatic nitrogens is 1. The molecular weight excluding hydrogens is 238 g/mol. The minimum absolute atomic E-state index is 0.279. The van der Waals surface area contributed by atoms with Crippen LogP contribution in [0, 0.1) is 6.92 Å². The van der Waals surface area contributed by atoms with Crippen molar-refractivity contribution in [2.24, 2.45) is 0 Å². The highest BCUT2D eigenvalue weighted by Gasteiger charge is 2.06. The maximum Gasteiger partial charge on any atom is 0.324 e. The first-order valence-corrected chi connectivity index (χ1v) is 6.27. The number of amides is 2. The van der Waals surface area contributed by atoms with Gasteiger partial charge in [-0.25, -0.2) is 9.78 Å². The molecule has 0 aliphatic carbocycles. The molecule has 19 heavy (non-hydrogen) atoms. The standard InChI is InChI=1S/C15H17N3O/c1-3-12-6-4-5-7-13(12)17-15(19)18-14-10-11(2)8-9-16-14/h4-10H,3H2,1-2H3,(H2,16,17,18,19). The largest absolute Gasteiger partial charge is 0.324 e. The fourth-order valence-electron chi connectivity index (χ4n) is 1.82. The summed E-state index contributed by atoms with van der Waals surface area (Å²) >= 11 is 0. The van der Waals surface area contributed by atoms with Crippen molar-refractivity contribution < 1.29 is 4.79 Å². The molecule has 0 saturated heterocycles. The van der Waals surface area contributed by atoms with Gasteiger partial charge in [0.25, 0.3) is 0 Å². The zero-order valence-electron chi connectivity index (χ0n) is 11.1. The van der Waals surface area contributed by atoms with E-state index in [2.05, 4.69) is 22.5 Å². The van der Waals surface area contributed by atoms with Crippen molar-refractivity contribution in [1.82, 2.24) is 4.98 Å². The van der Waals surface area contributed by atoms with Crippen molar-refractivity contribution in [1.29, 1.82) is 0 Å². The lowest BCUT2D eigenvalue weighted by molar-refractivity contribution is 0.262. The number of aryl methyl sites for hydroxylation is 2. The molecule has 98 valence electrons. The van der Waals surface area contributed by atoms with Gasteiger partial charge in [0.05, 0.1) is 0 Å². The van der Waals surface area contributed by atoms with E-state index in [-0.39, 0.29) is 6.03 Å². The Labute approximate surface area is 112 Å². The summed E-state index contributed by atoms with van der Waals surface area (Å²) in [6, 6.07) is 11.2. The van der Waals surface area contributed by atoms with Gasteiger partial charge in [-0.2, -0.15) is 0 Å². The first-order valence-electron chi connectivity index (χ1n) is 6.27. The molecule has 2 amide bonds. The van der Waals surface area contributed by atoms with Crippen LogP contribution in [0.25, 0.3) is 0 Å². The van der Waals surface area contributed by atoms with Gasteiger partial charge in [0.2, 0.25) is 0 Å². The van der Waals surface area contributed by atoms with Crippen molar-refractivity contribution in [2.75, 3.05) is 10.6 Å². The molecule has 0 saturated carbocycles. The number of carbonyl (C=O) groups excluding carboxylic acids is 1. The molecule has 0 aliphatic rings. The van der Waals surface area contributed by atoms with Crippen LogP contribution in [-0.2, 0) is 6.42 Å². The lowest BCUT2D eigenvalue weighted by Gasteiger charge is -2.10. The zero-order valence-corrected chi connectivity index (χ0v) is 11.1. The molecule has 4 nitrogen and oxygen atoms in total. The van der Waals surface area contributed by atoms with Crippen LogP contribution in [0.1, 0.15) is 18.1 Å². The van der Waals surface area contributed by atoms with E-state index in [0.29, 0.717) is 5.82 Å². The topological polar surface area (TPSA) is 54.0 Å². The first kappa shape index (κ1) is 13.1. The molecule has 0 aliphatic heterocycles. The molecule has 0 atom stereocenters. The maximum absolute atomic E-state index is 11.9. The quantitative estimate of drug-likeness (QED) is 0.880. The van der Waals surface area contributed by atoms with Gasteiger partial charge in [-0.3, -0.25) is 5.32 Å². The predicted molar refractivity (Wildman–Crippen MR) is 77.4 cm³/mol. The molecule has 2 N–H and O–H groups in total. The SMILES string of the molecule is CCc1ccccc1NC(=O)Nc1cc(C)ccn1. The molecule has 0 fully saturated rings. The number of carbonyl (C=O) groups is 1. The van der Waals surface area contributed by atoms with Gasteiger partial charge in [0.1, 0.15) is 5.82 Å². The monoisotopic (exact) mass is 255 g/mol. The maximum atomic E-state index is 11.9. The number of anilines is 2. The first-order chi connectivity index (χ1) is 9.19. The normalized spacial score (nSPS) is 10.0. The van der Waals surface area contributed by atoms with E-state index >= 15 is 0 Å². The molecular formula is C15H17N3O. The minimum Gasteiger partial charge on any atom is -0.307 e. The van der Waals surface area contributed by atoms with E-state index < -0.39 is 0 Å². The second-order valence-corrected chi connectivity index (χ2v) is 4.31. The van der Waals surface area contributed by atoms with Crippen LogP contribution < -0.4 is 10.6 Å². The van der Waals surface area contributed by atoms with Gasteiger partial charge in [0, 0.05) is 11.9 Å². The molecule has 1 aromatic heterocycles. The third kappa shape index (κ3) is 3.55. The number of nitrogens with one attached hydrogen (secondary N) is 2. The smallest absolute Gasteiger partial charge is 0.307 e. The molecule has 2 aromatic rings. The third-order valence-corrected chi connectivity index (χ3v) is 2.80. The highest BCUT2D eigenvalue weighted by atomic mass is 16.2. The van der Waals surface area contributed by atoms with Crippen LogP contribution in [0.5, 0.6) is 0 Å². The Kier molecular flexibility index (Phi) is 4.13. The lowest BCUT2D eigenvalue weighted by atomic mass is 10.1. The summed E-state index contributed by atoms with van der Waals surface area (Å²) in [4.78, 5) is 16.0. The number of nitrogens with zero attached hydrogens (tertiary/aromatic N) is 1. The number of urea groups is 1. The van der Waals surface area contributed by atoms with E-state index in [1.807, 2.05) is 43.3 Å². The fourth-order valence-corrected chi connectivity index (χ4v) is 1.82. The van der Waals surface area contributed by atoms with Gasteiger partial charge in [-0.1, -0.05) is 25.1 Å². The second kappa shape index (κ2) is 6.00. The van der Waals surface area contributed by atoms with E-state index in [0.717, 1.165) is 23.2 Å². The molecule has 0 radical (unpaired) electrons. The van der Waals surface area contributed by atoms with Gasteiger partial charge < -0.3 is 5.32 Å². The van der Waals surface area contributed by atoms with Gasteiger partial charge >= 0.3 is 6.03 Å². The Morgan fingerprint density at radius 3 is 2.74 bits per heavy atom. The molecule has 0 bridgehead atoms. The second-order valence-electron chi connectivity index (χ2n) is 4.31. The molecule has 4 heteroatoms. The summed E-state index contributed by atoms with van der Waals surface area (Å²) in [5.41, 5.74) is 2.99. The molecule has 0 spiro atoms. The van der Waals surface area contributed by atoms with Gasteiger partial charge in [-0.05, 0) is 42.7 Å². The van der Waals surface area contributed by atoms with E-state index in [1.165, 1.54) is 0 Å². The van der Waals surface area contributed by atoms with Crippen molar-refractivity contribution in [3.8, 4) is 0 Å². The summed E-state index contributed by atoms with van der Waals surface area (Å²) in [6.45, 7) is 4.01. The Morgan fingerprint density at radius 2 is 2.00 bits per heavy atom. The Balaban J connectivity index is 2.05. The van der Waals surface area contributed by atoms with Crippen LogP contribution in [0.2, 0.25) is 0 Å². The number of rotatable bonds is 3.